The highest BCUT2D eigenvalue weighted by molar-refractivity contribution is 4.87. The van der Waals surface area contributed by atoms with E-state index in [4.69, 9.17) is 9.47 Å². The van der Waals surface area contributed by atoms with E-state index in [0.29, 0.717) is 6.61 Å². The lowest BCUT2D eigenvalue weighted by Gasteiger charge is -2.37. The molecule has 0 aromatic carbocycles. The van der Waals surface area contributed by atoms with Crippen molar-refractivity contribution in [2.75, 3.05) is 19.8 Å². The Morgan fingerprint density at radius 3 is 1.90 bits per heavy atom. The number of ether oxygens (including phenoxy) is 2. The summed E-state index contributed by atoms with van der Waals surface area (Å²) in [5, 5.41) is 29.0. The summed E-state index contributed by atoms with van der Waals surface area (Å²) in [5.41, 5.74) is 0. The maximum Gasteiger partial charge on any atom is 0.114 e. The zero-order valence-corrected chi connectivity index (χ0v) is 19.4. The van der Waals surface area contributed by atoms with Crippen LogP contribution in [0.15, 0.2) is 12.2 Å². The number of unbranched alkanes of at least 4 members (excludes halogenated alkanes) is 13. The summed E-state index contributed by atoms with van der Waals surface area (Å²) in [4.78, 5) is 0. The van der Waals surface area contributed by atoms with Gasteiger partial charge in [-0.05, 0) is 32.1 Å². The fourth-order valence-corrected chi connectivity index (χ4v) is 3.96. The number of aliphatic hydroxyl groups is 3. The predicted molar refractivity (Wildman–Crippen MR) is 123 cm³/mol. The molecule has 0 aromatic heterocycles. The smallest absolute Gasteiger partial charge is 0.114 e. The van der Waals surface area contributed by atoms with Crippen molar-refractivity contribution >= 4 is 0 Å². The molecular formula is C25H48O5. The average molecular weight is 429 g/mol. The highest BCUT2D eigenvalue weighted by Gasteiger charge is 2.39. The summed E-state index contributed by atoms with van der Waals surface area (Å²) >= 11 is 0. The van der Waals surface area contributed by atoms with Crippen molar-refractivity contribution in [1.82, 2.24) is 0 Å². The number of allylic oxidation sites excluding steroid dienone is 2. The van der Waals surface area contributed by atoms with Crippen molar-refractivity contribution in [3.63, 3.8) is 0 Å². The first-order valence-electron chi connectivity index (χ1n) is 12.6. The van der Waals surface area contributed by atoms with Crippen molar-refractivity contribution in [2.24, 2.45) is 0 Å². The van der Waals surface area contributed by atoms with Gasteiger partial charge in [-0.15, -0.1) is 0 Å². The summed E-state index contributed by atoms with van der Waals surface area (Å²) in [6.07, 6.45) is 20.7. The standard InChI is InChI=1S/C25H48O5/c1-2-3-4-5-6-7-8-9-10-11-12-13-14-15-16-17-18-19-29-25-23(20-26)30-21-22(27)24(25)28/h9-10,22-28H,2-8,11-21H2,1H3/b10-9+/t22-,23+,24+,25+/m0/s1. The second-order valence-electron chi connectivity index (χ2n) is 8.74. The van der Waals surface area contributed by atoms with E-state index >= 15 is 0 Å². The molecular weight excluding hydrogens is 380 g/mol. The van der Waals surface area contributed by atoms with E-state index in [-0.39, 0.29) is 13.2 Å². The van der Waals surface area contributed by atoms with Crippen LogP contribution in [-0.2, 0) is 9.47 Å². The van der Waals surface area contributed by atoms with Crippen LogP contribution in [0.5, 0.6) is 0 Å². The van der Waals surface area contributed by atoms with Crippen LogP contribution in [0.3, 0.4) is 0 Å². The quantitative estimate of drug-likeness (QED) is 0.201. The van der Waals surface area contributed by atoms with Gasteiger partial charge in [0.1, 0.15) is 24.4 Å². The third-order valence-corrected chi connectivity index (χ3v) is 5.97. The fourth-order valence-electron chi connectivity index (χ4n) is 3.96. The van der Waals surface area contributed by atoms with Gasteiger partial charge in [0.15, 0.2) is 0 Å². The molecule has 5 heteroatoms. The van der Waals surface area contributed by atoms with E-state index in [1.165, 1.54) is 83.5 Å². The molecule has 5 nitrogen and oxygen atoms in total. The van der Waals surface area contributed by atoms with Crippen molar-refractivity contribution in [1.29, 1.82) is 0 Å². The minimum absolute atomic E-state index is 0.0428. The molecule has 0 radical (unpaired) electrons. The Labute approximate surface area is 184 Å². The SMILES string of the molecule is CCCCCCCC/C=C/CCCCCCCCCO[C@H]1[C@H](O)[C@@H](O)CO[C@@H]1CO. The summed E-state index contributed by atoms with van der Waals surface area (Å²) in [5.74, 6) is 0. The molecule has 0 aliphatic carbocycles. The Balaban J connectivity index is 1.86. The van der Waals surface area contributed by atoms with E-state index in [1.54, 1.807) is 0 Å². The van der Waals surface area contributed by atoms with Crippen LogP contribution in [0.25, 0.3) is 0 Å². The molecule has 0 amide bonds. The van der Waals surface area contributed by atoms with E-state index in [1.807, 2.05) is 0 Å². The van der Waals surface area contributed by atoms with E-state index in [0.717, 1.165) is 12.8 Å². The molecule has 0 saturated carbocycles. The van der Waals surface area contributed by atoms with Crippen LogP contribution < -0.4 is 0 Å². The van der Waals surface area contributed by atoms with Crippen molar-refractivity contribution < 1.29 is 24.8 Å². The van der Waals surface area contributed by atoms with Crippen LogP contribution >= 0.6 is 0 Å². The van der Waals surface area contributed by atoms with Crippen LogP contribution in [0.1, 0.15) is 103 Å². The highest BCUT2D eigenvalue weighted by Crippen LogP contribution is 2.19. The van der Waals surface area contributed by atoms with Gasteiger partial charge in [-0.1, -0.05) is 83.3 Å². The summed E-state index contributed by atoms with van der Waals surface area (Å²) in [7, 11) is 0. The Morgan fingerprint density at radius 2 is 1.33 bits per heavy atom. The van der Waals surface area contributed by atoms with Gasteiger partial charge in [0, 0.05) is 6.61 Å². The van der Waals surface area contributed by atoms with Gasteiger partial charge in [-0.25, -0.2) is 0 Å². The molecule has 1 aliphatic rings. The van der Waals surface area contributed by atoms with Crippen LogP contribution in [0.2, 0.25) is 0 Å². The lowest BCUT2D eigenvalue weighted by atomic mass is 10.0. The van der Waals surface area contributed by atoms with E-state index < -0.39 is 24.4 Å². The minimum Gasteiger partial charge on any atom is -0.394 e. The molecule has 1 fully saturated rings. The van der Waals surface area contributed by atoms with Crippen LogP contribution in [-0.4, -0.2) is 59.6 Å². The lowest BCUT2D eigenvalue weighted by molar-refractivity contribution is -0.211. The Hall–Kier alpha value is -0.460. The van der Waals surface area contributed by atoms with Crippen molar-refractivity contribution in [3.05, 3.63) is 12.2 Å². The van der Waals surface area contributed by atoms with Crippen molar-refractivity contribution in [2.45, 2.75) is 128 Å². The maximum absolute atomic E-state index is 10.0. The van der Waals surface area contributed by atoms with Gasteiger partial charge in [0.05, 0.1) is 13.2 Å². The first-order chi connectivity index (χ1) is 14.7. The van der Waals surface area contributed by atoms with Gasteiger partial charge in [-0.3, -0.25) is 0 Å². The van der Waals surface area contributed by atoms with Crippen LogP contribution in [0, 0.1) is 0 Å². The zero-order valence-electron chi connectivity index (χ0n) is 19.4. The van der Waals surface area contributed by atoms with Gasteiger partial charge in [0.2, 0.25) is 0 Å². The topological polar surface area (TPSA) is 79.2 Å². The first kappa shape index (κ1) is 27.6. The van der Waals surface area contributed by atoms with Gasteiger partial charge in [-0.2, -0.15) is 0 Å². The third-order valence-electron chi connectivity index (χ3n) is 5.97. The Morgan fingerprint density at radius 1 is 0.800 bits per heavy atom. The summed E-state index contributed by atoms with van der Waals surface area (Å²) < 4.78 is 11.0. The van der Waals surface area contributed by atoms with E-state index in [9.17, 15) is 15.3 Å². The Bertz CT molecular complexity index is 399. The second kappa shape index (κ2) is 19.2. The number of hydrogen-bond acceptors (Lipinski definition) is 5. The average Bonchev–Trinajstić information content (AvgIpc) is 2.75. The molecule has 30 heavy (non-hydrogen) atoms. The lowest BCUT2D eigenvalue weighted by Crippen LogP contribution is -2.55. The molecule has 1 aliphatic heterocycles. The molecule has 178 valence electrons. The molecule has 0 unspecified atom stereocenters. The molecule has 1 rings (SSSR count). The van der Waals surface area contributed by atoms with Gasteiger partial charge in [0.25, 0.3) is 0 Å². The van der Waals surface area contributed by atoms with Gasteiger partial charge >= 0.3 is 0 Å². The number of aliphatic hydroxyl groups excluding tert-OH is 3. The summed E-state index contributed by atoms with van der Waals surface area (Å²) in [6.45, 7) is 2.63. The molecule has 0 spiro atoms. The van der Waals surface area contributed by atoms with Crippen LogP contribution in [0.4, 0.5) is 0 Å². The molecule has 0 aromatic rings. The Kier molecular flexibility index (Phi) is 17.7. The predicted octanol–water partition coefficient (Wildman–Crippen LogP) is 4.91. The monoisotopic (exact) mass is 428 g/mol. The molecule has 1 saturated heterocycles. The molecule has 3 N–H and O–H groups in total. The molecule has 4 atom stereocenters. The first-order valence-corrected chi connectivity index (χ1v) is 12.6. The number of rotatable bonds is 19. The normalized spacial score (nSPS) is 24.7. The largest absolute Gasteiger partial charge is 0.394 e. The fraction of sp³-hybridized carbons (Fsp3) is 0.920. The summed E-state index contributed by atoms with van der Waals surface area (Å²) in [6, 6.07) is 0. The highest BCUT2D eigenvalue weighted by atomic mass is 16.6. The maximum atomic E-state index is 10.0. The molecule has 0 bridgehead atoms. The van der Waals surface area contributed by atoms with Gasteiger partial charge < -0.3 is 24.8 Å². The minimum atomic E-state index is -0.990. The molecule has 1 heterocycles. The third kappa shape index (κ3) is 13.1. The van der Waals surface area contributed by atoms with E-state index in [2.05, 4.69) is 19.1 Å². The number of hydrogen-bond donors (Lipinski definition) is 3. The van der Waals surface area contributed by atoms with Crippen molar-refractivity contribution in [3.8, 4) is 0 Å². The zero-order chi connectivity index (χ0) is 21.9. The second-order valence-corrected chi connectivity index (χ2v) is 8.74.